The third-order valence-corrected chi connectivity index (χ3v) is 3.32. The number of carbonyl (C=O) groups is 1. The van der Waals surface area contributed by atoms with E-state index in [4.69, 9.17) is 10.8 Å². The van der Waals surface area contributed by atoms with Gasteiger partial charge in [0.15, 0.2) is 0 Å². The minimum Gasteiger partial charge on any atom is -0.480 e. The molecule has 0 radical (unpaired) electrons. The summed E-state index contributed by atoms with van der Waals surface area (Å²) in [7, 11) is 1.96. The number of aliphatic carboxylic acids is 1. The van der Waals surface area contributed by atoms with E-state index in [-0.39, 0.29) is 0 Å². The summed E-state index contributed by atoms with van der Waals surface area (Å²) in [6.07, 6.45) is 0.443. The predicted molar refractivity (Wildman–Crippen MR) is 74.2 cm³/mol. The summed E-state index contributed by atoms with van der Waals surface area (Å²) >= 11 is 0. The van der Waals surface area contributed by atoms with Crippen molar-refractivity contribution in [1.82, 2.24) is 0 Å². The average Bonchev–Trinajstić information content (AvgIpc) is 2.30. The van der Waals surface area contributed by atoms with Gasteiger partial charge in [-0.1, -0.05) is 6.07 Å². The van der Waals surface area contributed by atoms with E-state index < -0.39 is 12.0 Å². The molecule has 4 nitrogen and oxygen atoms in total. The SMILES string of the molecule is Cc1cc(C)c(N(C)CCC(N)C(=O)O)cc1C. The zero-order chi connectivity index (χ0) is 13.9. The van der Waals surface area contributed by atoms with Gasteiger partial charge in [0.2, 0.25) is 0 Å². The normalized spacial score (nSPS) is 12.3. The highest BCUT2D eigenvalue weighted by molar-refractivity contribution is 5.73. The van der Waals surface area contributed by atoms with Crippen LogP contribution in [-0.4, -0.2) is 30.7 Å². The second kappa shape index (κ2) is 5.87. The molecule has 0 amide bonds. The maximum atomic E-state index is 10.7. The highest BCUT2D eigenvalue weighted by atomic mass is 16.4. The van der Waals surface area contributed by atoms with Crippen LogP contribution in [0.25, 0.3) is 0 Å². The molecule has 100 valence electrons. The average molecular weight is 250 g/mol. The van der Waals surface area contributed by atoms with Crippen LogP contribution in [0.2, 0.25) is 0 Å². The maximum absolute atomic E-state index is 10.7. The van der Waals surface area contributed by atoms with E-state index in [2.05, 4.69) is 37.8 Å². The second-order valence-corrected chi connectivity index (χ2v) is 4.88. The van der Waals surface area contributed by atoms with E-state index in [1.54, 1.807) is 0 Å². The third kappa shape index (κ3) is 3.47. The number of hydrogen-bond acceptors (Lipinski definition) is 3. The predicted octanol–water partition coefficient (Wildman–Crippen LogP) is 1.85. The van der Waals surface area contributed by atoms with E-state index in [0.717, 1.165) is 5.69 Å². The topological polar surface area (TPSA) is 66.6 Å². The number of rotatable bonds is 5. The Labute approximate surface area is 108 Å². The molecule has 4 heteroatoms. The molecule has 0 bridgehead atoms. The lowest BCUT2D eigenvalue weighted by Crippen LogP contribution is -2.34. The van der Waals surface area contributed by atoms with Crippen LogP contribution in [-0.2, 0) is 4.79 Å². The van der Waals surface area contributed by atoms with Crippen LogP contribution in [0.4, 0.5) is 5.69 Å². The van der Waals surface area contributed by atoms with Gasteiger partial charge in [0.05, 0.1) is 0 Å². The molecule has 0 saturated carbocycles. The Hall–Kier alpha value is -1.55. The van der Waals surface area contributed by atoms with Gasteiger partial charge in [0.1, 0.15) is 6.04 Å². The molecule has 1 aromatic rings. The zero-order valence-electron chi connectivity index (χ0n) is 11.5. The van der Waals surface area contributed by atoms with Gasteiger partial charge in [-0.3, -0.25) is 4.79 Å². The molecule has 1 rings (SSSR count). The number of carboxylic acids is 1. The van der Waals surface area contributed by atoms with Crippen LogP contribution < -0.4 is 10.6 Å². The van der Waals surface area contributed by atoms with E-state index in [9.17, 15) is 4.79 Å². The monoisotopic (exact) mass is 250 g/mol. The van der Waals surface area contributed by atoms with E-state index in [1.807, 2.05) is 7.05 Å². The molecule has 18 heavy (non-hydrogen) atoms. The first-order chi connectivity index (χ1) is 8.32. The van der Waals surface area contributed by atoms with Gasteiger partial charge in [-0.2, -0.15) is 0 Å². The van der Waals surface area contributed by atoms with Gasteiger partial charge in [-0.15, -0.1) is 0 Å². The molecular weight excluding hydrogens is 228 g/mol. The molecule has 1 unspecified atom stereocenters. The molecule has 3 N–H and O–H groups in total. The lowest BCUT2D eigenvalue weighted by Gasteiger charge is -2.23. The number of carboxylic acid groups (broad SMARTS) is 1. The van der Waals surface area contributed by atoms with Crippen molar-refractivity contribution in [3.8, 4) is 0 Å². The molecule has 0 aliphatic rings. The molecule has 0 spiro atoms. The highest BCUT2D eigenvalue weighted by Crippen LogP contribution is 2.23. The van der Waals surface area contributed by atoms with Crippen molar-refractivity contribution in [1.29, 1.82) is 0 Å². The van der Waals surface area contributed by atoms with Crippen LogP contribution in [0.15, 0.2) is 12.1 Å². The Morgan fingerprint density at radius 3 is 2.39 bits per heavy atom. The highest BCUT2D eigenvalue weighted by Gasteiger charge is 2.13. The Bertz CT molecular complexity index is 444. The van der Waals surface area contributed by atoms with Gasteiger partial charge in [-0.25, -0.2) is 0 Å². The van der Waals surface area contributed by atoms with Crippen molar-refractivity contribution in [3.63, 3.8) is 0 Å². The maximum Gasteiger partial charge on any atom is 0.320 e. The van der Waals surface area contributed by atoms with E-state index in [1.165, 1.54) is 16.7 Å². The Kier molecular flexibility index (Phi) is 4.73. The summed E-state index contributed by atoms with van der Waals surface area (Å²) in [5.41, 5.74) is 10.4. The van der Waals surface area contributed by atoms with Gasteiger partial charge in [-0.05, 0) is 49.9 Å². The third-order valence-electron chi connectivity index (χ3n) is 3.32. The minimum atomic E-state index is -0.944. The summed E-state index contributed by atoms with van der Waals surface area (Å²) < 4.78 is 0. The molecule has 0 aliphatic heterocycles. The zero-order valence-corrected chi connectivity index (χ0v) is 11.5. The number of benzene rings is 1. The Balaban J connectivity index is 2.75. The fourth-order valence-electron chi connectivity index (χ4n) is 1.93. The fraction of sp³-hybridized carbons (Fsp3) is 0.500. The summed E-state index contributed by atoms with van der Waals surface area (Å²) in [6, 6.07) is 3.49. The van der Waals surface area contributed by atoms with Gasteiger partial charge in [0, 0.05) is 19.3 Å². The number of nitrogens with zero attached hydrogens (tertiary/aromatic N) is 1. The second-order valence-electron chi connectivity index (χ2n) is 4.88. The first-order valence-electron chi connectivity index (χ1n) is 6.10. The lowest BCUT2D eigenvalue weighted by atomic mass is 10.0. The van der Waals surface area contributed by atoms with Crippen molar-refractivity contribution in [3.05, 3.63) is 28.8 Å². The first kappa shape index (κ1) is 14.5. The van der Waals surface area contributed by atoms with Crippen molar-refractivity contribution in [2.75, 3.05) is 18.5 Å². The van der Waals surface area contributed by atoms with Crippen LogP contribution in [0.3, 0.4) is 0 Å². The molecule has 1 atom stereocenters. The van der Waals surface area contributed by atoms with Crippen molar-refractivity contribution in [2.45, 2.75) is 33.2 Å². The molecular formula is C14H22N2O2. The summed E-state index contributed by atoms with van der Waals surface area (Å²) in [4.78, 5) is 12.7. The fourth-order valence-corrected chi connectivity index (χ4v) is 1.93. The number of hydrogen-bond donors (Lipinski definition) is 2. The summed E-state index contributed by atoms with van der Waals surface area (Å²) in [5, 5.41) is 8.76. The standard InChI is InChI=1S/C14H22N2O2/c1-9-7-11(3)13(8-10(9)2)16(4)6-5-12(15)14(17)18/h7-8,12H,5-6,15H2,1-4H3,(H,17,18). The van der Waals surface area contributed by atoms with Crippen molar-refractivity contribution < 1.29 is 9.90 Å². The number of anilines is 1. The molecule has 0 aromatic heterocycles. The lowest BCUT2D eigenvalue weighted by molar-refractivity contribution is -0.138. The molecule has 0 aliphatic carbocycles. The smallest absolute Gasteiger partial charge is 0.320 e. The Morgan fingerprint density at radius 1 is 1.28 bits per heavy atom. The Morgan fingerprint density at radius 2 is 1.83 bits per heavy atom. The number of aryl methyl sites for hydroxylation is 3. The minimum absolute atomic E-state index is 0.443. The quantitative estimate of drug-likeness (QED) is 0.837. The van der Waals surface area contributed by atoms with Crippen LogP contribution >= 0.6 is 0 Å². The summed E-state index contributed by atoms with van der Waals surface area (Å²) in [5.74, 6) is -0.944. The van der Waals surface area contributed by atoms with Crippen LogP contribution in [0.1, 0.15) is 23.1 Å². The number of nitrogens with two attached hydrogens (primary N) is 1. The molecule has 0 heterocycles. The van der Waals surface area contributed by atoms with Crippen LogP contribution in [0, 0.1) is 20.8 Å². The molecule has 0 fully saturated rings. The summed E-state index contributed by atoms with van der Waals surface area (Å²) in [6.45, 7) is 6.87. The first-order valence-corrected chi connectivity index (χ1v) is 6.10. The molecule has 1 aromatic carbocycles. The van der Waals surface area contributed by atoms with Crippen LogP contribution in [0.5, 0.6) is 0 Å². The van der Waals surface area contributed by atoms with E-state index >= 15 is 0 Å². The molecule has 0 saturated heterocycles. The van der Waals surface area contributed by atoms with Crippen molar-refractivity contribution >= 4 is 11.7 Å². The van der Waals surface area contributed by atoms with Gasteiger partial charge < -0.3 is 15.7 Å². The van der Waals surface area contributed by atoms with Gasteiger partial charge in [0.25, 0.3) is 0 Å². The largest absolute Gasteiger partial charge is 0.480 e. The van der Waals surface area contributed by atoms with Gasteiger partial charge >= 0.3 is 5.97 Å². The van der Waals surface area contributed by atoms with Crippen molar-refractivity contribution in [2.24, 2.45) is 5.73 Å². The van der Waals surface area contributed by atoms with E-state index in [0.29, 0.717) is 13.0 Å².